The van der Waals surface area contributed by atoms with Crippen molar-refractivity contribution in [3.63, 3.8) is 0 Å². The predicted octanol–water partition coefficient (Wildman–Crippen LogP) is 2.60. The number of anilines is 1. The number of amides is 2. The van der Waals surface area contributed by atoms with Crippen molar-refractivity contribution in [3.8, 4) is 0 Å². The van der Waals surface area contributed by atoms with Gasteiger partial charge in [0, 0.05) is 18.0 Å². The lowest BCUT2D eigenvalue weighted by Crippen LogP contribution is -2.33. The van der Waals surface area contributed by atoms with E-state index >= 15 is 0 Å². The molecule has 0 radical (unpaired) electrons. The number of hydrogen-bond acceptors (Lipinski definition) is 4. The quantitative estimate of drug-likeness (QED) is 0.895. The Morgan fingerprint density at radius 3 is 2.95 bits per heavy atom. The Balaban J connectivity index is 1.61. The number of carbonyl (C=O) groups is 2. The molecule has 1 aliphatic heterocycles. The number of nitrogens with one attached hydrogen (secondary N) is 1. The van der Waals surface area contributed by atoms with Crippen LogP contribution in [0, 0.1) is 11.8 Å². The first-order chi connectivity index (χ1) is 10.6. The van der Waals surface area contributed by atoms with E-state index in [4.69, 9.17) is 5.11 Å². The van der Waals surface area contributed by atoms with E-state index < -0.39 is 11.9 Å². The van der Waals surface area contributed by atoms with Gasteiger partial charge >= 0.3 is 12.0 Å². The summed E-state index contributed by atoms with van der Waals surface area (Å²) in [6.45, 7) is 2.99. The fourth-order valence-electron chi connectivity index (χ4n) is 3.16. The van der Waals surface area contributed by atoms with Gasteiger partial charge in [-0.15, -0.1) is 11.3 Å². The number of carbonyl (C=O) groups excluding carboxylic acids is 1. The first-order valence-electron chi connectivity index (χ1n) is 7.84. The molecule has 2 amide bonds. The average Bonchev–Trinajstić information content (AvgIpc) is 3.12. The molecule has 3 rings (SSSR count). The molecule has 1 saturated heterocycles. The first kappa shape index (κ1) is 15.3. The summed E-state index contributed by atoms with van der Waals surface area (Å²) in [6.07, 6.45) is 4.93. The zero-order chi connectivity index (χ0) is 15.7. The minimum atomic E-state index is -0.828. The third-order valence-electron chi connectivity index (χ3n) is 4.66. The van der Waals surface area contributed by atoms with Crippen molar-refractivity contribution in [2.75, 3.05) is 18.4 Å². The molecule has 0 spiro atoms. The second-order valence-electron chi connectivity index (χ2n) is 6.11. The molecule has 1 aromatic rings. The molecule has 6 nitrogen and oxygen atoms in total. The second-order valence-corrected chi connectivity index (χ2v) is 7.19. The van der Waals surface area contributed by atoms with Crippen LogP contribution in [0.15, 0.2) is 0 Å². The van der Waals surface area contributed by atoms with Gasteiger partial charge in [-0.25, -0.2) is 9.78 Å². The standard InChI is InChI=1S/C15H21N3O3S/c1-2-9-3-4-11-12(7-9)22-14(16-11)17-15(21)18-6-5-10(8-18)13(19)20/h9-10H,2-8H2,1H3,(H,19,20)(H,16,17,21). The predicted molar refractivity (Wildman–Crippen MR) is 84.3 cm³/mol. The summed E-state index contributed by atoms with van der Waals surface area (Å²) in [4.78, 5) is 30.5. The van der Waals surface area contributed by atoms with E-state index in [1.54, 1.807) is 16.2 Å². The summed E-state index contributed by atoms with van der Waals surface area (Å²) in [5, 5.41) is 12.5. The van der Waals surface area contributed by atoms with Crippen LogP contribution in [0.3, 0.4) is 0 Å². The van der Waals surface area contributed by atoms with E-state index in [2.05, 4.69) is 17.2 Å². The number of carboxylic acid groups (broad SMARTS) is 1. The number of carboxylic acids is 1. The van der Waals surface area contributed by atoms with Crippen LogP contribution in [0.5, 0.6) is 0 Å². The van der Waals surface area contributed by atoms with Gasteiger partial charge in [0.2, 0.25) is 0 Å². The topological polar surface area (TPSA) is 82.5 Å². The SMILES string of the molecule is CCC1CCc2nc(NC(=O)N3CCC(C(=O)O)C3)sc2C1. The Hall–Kier alpha value is -1.63. The molecule has 120 valence electrons. The summed E-state index contributed by atoms with van der Waals surface area (Å²) >= 11 is 1.56. The van der Waals surface area contributed by atoms with Gasteiger partial charge in [-0.2, -0.15) is 0 Å². The average molecular weight is 323 g/mol. The van der Waals surface area contributed by atoms with E-state index in [9.17, 15) is 9.59 Å². The Labute approximate surface area is 133 Å². The van der Waals surface area contributed by atoms with Gasteiger partial charge in [0.15, 0.2) is 5.13 Å². The number of thiazole rings is 1. The van der Waals surface area contributed by atoms with Crippen molar-refractivity contribution in [1.29, 1.82) is 0 Å². The molecule has 1 aliphatic carbocycles. The summed E-state index contributed by atoms with van der Waals surface area (Å²) in [5.74, 6) is -0.544. The molecule has 0 aromatic carbocycles. The number of fused-ring (bicyclic) bond motifs is 1. The van der Waals surface area contributed by atoms with Gasteiger partial charge in [0.05, 0.1) is 11.6 Å². The minimum Gasteiger partial charge on any atom is -0.481 e. The second kappa shape index (κ2) is 6.24. The van der Waals surface area contributed by atoms with Gasteiger partial charge in [-0.1, -0.05) is 13.3 Å². The van der Waals surface area contributed by atoms with Crippen LogP contribution in [0.25, 0.3) is 0 Å². The maximum Gasteiger partial charge on any atom is 0.323 e. The Kier molecular flexibility index (Phi) is 4.33. The zero-order valence-corrected chi connectivity index (χ0v) is 13.5. The maximum atomic E-state index is 12.2. The first-order valence-corrected chi connectivity index (χ1v) is 8.65. The van der Waals surface area contributed by atoms with Gasteiger partial charge in [0.25, 0.3) is 0 Å². The number of urea groups is 1. The third-order valence-corrected chi connectivity index (χ3v) is 5.69. The lowest BCUT2D eigenvalue weighted by molar-refractivity contribution is -0.141. The molecule has 0 bridgehead atoms. The number of hydrogen-bond donors (Lipinski definition) is 2. The van der Waals surface area contributed by atoms with Crippen LogP contribution in [-0.4, -0.2) is 40.1 Å². The van der Waals surface area contributed by atoms with Crippen LogP contribution in [0.2, 0.25) is 0 Å². The Morgan fingerprint density at radius 2 is 2.27 bits per heavy atom. The van der Waals surface area contributed by atoms with E-state index in [0.29, 0.717) is 18.1 Å². The normalized spacial score (nSPS) is 24.1. The maximum absolute atomic E-state index is 12.2. The molecule has 2 unspecified atom stereocenters. The lowest BCUT2D eigenvalue weighted by Gasteiger charge is -2.18. The number of nitrogens with zero attached hydrogens (tertiary/aromatic N) is 2. The summed E-state index contributed by atoms with van der Waals surface area (Å²) in [7, 11) is 0. The van der Waals surface area contributed by atoms with Crippen LogP contribution in [0.4, 0.5) is 9.93 Å². The van der Waals surface area contributed by atoms with Gasteiger partial charge < -0.3 is 10.0 Å². The smallest absolute Gasteiger partial charge is 0.323 e. The fourth-order valence-corrected chi connectivity index (χ4v) is 4.27. The van der Waals surface area contributed by atoms with Gasteiger partial charge in [-0.3, -0.25) is 10.1 Å². The molecule has 1 fully saturated rings. The molecule has 1 aromatic heterocycles. The summed E-state index contributed by atoms with van der Waals surface area (Å²) < 4.78 is 0. The molecule has 22 heavy (non-hydrogen) atoms. The minimum absolute atomic E-state index is 0.234. The highest BCUT2D eigenvalue weighted by Gasteiger charge is 2.31. The van der Waals surface area contributed by atoms with Crippen LogP contribution < -0.4 is 5.32 Å². The fraction of sp³-hybridized carbons (Fsp3) is 0.667. The van der Waals surface area contributed by atoms with Crippen molar-refractivity contribution in [3.05, 3.63) is 10.6 Å². The van der Waals surface area contributed by atoms with Crippen molar-refractivity contribution in [2.24, 2.45) is 11.8 Å². The molecule has 2 N–H and O–H groups in total. The third kappa shape index (κ3) is 3.09. The highest BCUT2D eigenvalue weighted by molar-refractivity contribution is 7.15. The van der Waals surface area contributed by atoms with E-state index in [1.807, 2.05) is 0 Å². The number of aryl methyl sites for hydroxylation is 1. The highest BCUT2D eigenvalue weighted by Crippen LogP contribution is 2.33. The number of aromatic nitrogens is 1. The van der Waals surface area contributed by atoms with Crippen molar-refractivity contribution < 1.29 is 14.7 Å². The van der Waals surface area contributed by atoms with Crippen LogP contribution in [0.1, 0.15) is 36.8 Å². The zero-order valence-electron chi connectivity index (χ0n) is 12.7. The van der Waals surface area contributed by atoms with E-state index in [-0.39, 0.29) is 12.6 Å². The van der Waals surface area contributed by atoms with E-state index in [0.717, 1.165) is 24.5 Å². The Morgan fingerprint density at radius 1 is 1.45 bits per heavy atom. The molecule has 2 heterocycles. The lowest BCUT2D eigenvalue weighted by atomic mass is 9.89. The van der Waals surface area contributed by atoms with Gasteiger partial charge in [-0.05, 0) is 31.6 Å². The van der Waals surface area contributed by atoms with E-state index in [1.165, 1.54) is 17.7 Å². The van der Waals surface area contributed by atoms with Crippen molar-refractivity contribution in [2.45, 2.75) is 39.0 Å². The summed E-state index contributed by atoms with van der Waals surface area (Å²) in [5.41, 5.74) is 1.12. The largest absolute Gasteiger partial charge is 0.481 e. The van der Waals surface area contributed by atoms with Crippen LogP contribution >= 0.6 is 11.3 Å². The monoisotopic (exact) mass is 323 g/mol. The number of aliphatic carboxylic acids is 1. The molecule has 2 atom stereocenters. The molecular weight excluding hydrogens is 302 g/mol. The molecule has 2 aliphatic rings. The number of likely N-dealkylation sites (tertiary alicyclic amines) is 1. The molecule has 0 saturated carbocycles. The van der Waals surface area contributed by atoms with Crippen molar-refractivity contribution >= 4 is 28.5 Å². The Bertz CT molecular complexity index is 587. The van der Waals surface area contributed by atoms with Crippen LogP contribution in [-0.2, 0) is 17.6 Å². The van der Waals surface area contributed by atoms with Gasteiger partial charge in [0.1, 0.15) is 0 Å². The summed E-state index contributed by atoms with van der Waals surface area (Å²) in [6, 6.07) is -0.234. The van der Waals surface area contributed by atoms with Crippen molar-refractivity contribution in [1.82, 2.24) is 9.88 Å². The number of rotatable bonds is 3. The molecular formula is C15H21N3O3S. The molecule has 7 heteroatoms. The highest BCUT2D eigenvalue weighted by atomic mass is 32.1.